The monoisotopic (exact) mass is 237 g/mol. The highest BCUT2D eigenvalue weighted by Gasteiger charge is 2.14. The van der Waals surface area contributed by atoms with Gasteiger partial charge in [-0.25, -0.2) is 0 Å². The van der Waals surface area contributed by atoms with E-state index in [2.05, 4.69) is 5.32 Å². The maximum absolute atomic E-state index is 11.5. The van der Waals surface area contributed by atoms with Crippen LogP contribution in [0.25, 0.3) is 0 Å². The van der Waals surface area contributed by atoms with Crippen LogP contribution in [-0.4, -0.2) is 43.4 Å². The maximum Gasteiger partial charge on any atom is 0.239 e. The SMILES string of the molecule is CCCN(CC(=O)NC)C(=O)CCN.Cl. The lowest BCUT2D eigenvalue weighted by Gasteiger charge is -2.20. The van der Waals surface area contributed by atoms with Crippen molar-refractivity contribution in [2.45, 2.75) is 19.8 Å². The average molecular weight is 238 g/mol. The van der Waals surface area contributed by atoms with E-state index in [4.69, 9.17) is 5.73 Å². The number of amides is 2. The van der Waals surface area contributed by atoms with Crippen molar-refractivity contribution in [2.75, 3.05) is 26.7 Å². The highest BCUT2D eigenvalue weighted by Crippen LogP contribution is 1.95. The van der Waals surface area contributed by atoms with E-state index in [0.717, 1.165) is 6.42 Å². The van der Waals surface area contributed by atoms with E-state index in [1.807, 2.05) is 6.92 Å². The third-order valence-corrected chi connectivity index (χ3v) is 1.82. The second-order valence-corrected chi connectivity index (χ2v) is 3.03. The molecule has 15 heavy (non-hydrogen) atoms. The van der Waals surface area contributed by atoms with Crippen LogP contribution in [0.1, 0.15) is 19.8 Å². The zero-order valence-electron chi connectivity index (χ0n) is 9.28. The van der Waals surface area contributed by atoms with Crippen LogP contribution in [0.5, 0.6) is 0 Å². The zero-order chi connectivity index (χ0) is 11.0. The van der Waals surface area contributed by atoms with Crippen molar-refractivity contribution >= 4 is 24.2 Å². The summed E-state index contributed by atoms with van der Waals surface area (Å²) in [6.45, 7) is 3.02. The number of rotatable bonds is 6. The molecule has 0 rings (SSSR count). The Bertz CT molecular complexity index is 200. The van der Waals surface area contributed by atoms with Gasteiger partial charge in [0.15, 0.2) is 0 Å². The molecule has 0 aromatic rings. The molecule has 0 radical (unpaired) electrons. The van der Waals surface area contributed by atoms with E-state index in [9.17, 15) is 9.59 Å². The molecule has 0 saturated heterocycles. The van der Waals surface area contributed by atoms with Crippen LogP contribution >= 0.6 is 12.4 Å². The Morgan fingerprint density at radius 1 is 1.40 bits per heavy atom. The molecule has 5 nitrogen and oxygen atoms in total. The highest BCUT2D eigenvalue weighted by atomic mass is 35.5. The number of nitrogens with zero attached hydrogens (tertiary/aromatic N) is 1. The van der Waals surface area contributed by atoms with Crippen LogP contribution in [0.2, 0.25) is 0 Å². The van der Waals surface area contributed by atoms with Crippen LogP contribution in [0.15, 0.2) is 0 Å². The third kappa shape index (κ3) is 7.16. The van der Waals surface area contributed by atoms with E-state index < -0.39 is 0 Å². The first-order valence-electron chi connectivity index (χ1n) is 4.84. The fraction of sp³-hybridized carbons (Fsp3) is 0.778. The van der Waals surface area contributed by atoms with Crippen molar-refractivity contribution in [3.05, 3.63) is 0 Å². The molecule has 0 aromatic heterocycles. The molecule has 0 saturated carbocycles. The Morgan fingerprint density at radius 3 is 2.40 bits per heavy atom. The number of carbonyl (C=O) groups is 2. The van der Waals surface area contributed by atoms with Gasteiger partial charge in [0.1, 0.15) is 0 Å². The fourth-order valence-corrected chi connectivity index (χ4v) is 1.10. The second kappa shape index (κ2) is 9.73. The minimum absolute atomic E-state index is 0. The normalized spacial score (nSPS) is 9.00. The number of nitrogens with one attached hydrogen (secondary N) is 1. The summed E-state index contributed by atoms with van der Waals surface area (Å²) in [5.74, 6) is -0.207. The van der Waals surface area contributed by atoms with Crippen LogP contribution in [0, 0.1) is 0 Å². The van der Waals surface area contributed by atoms with Gasteiger partial charge in [-0.2, -0.15) is 0 Å². The first-order valence-corrected chi connectivity index (χ1v) is 4.84. The van der Waals surface area contributed by atoms with E-state index >= 15 is 0 Å². The van der Waals surface area contributed by atoms with Gasteiger partial charge in [-0.3, -0.25) is 9.59 Å². The van der Waals surface area contributed by atoms with Crippen molar-refractivity contribution in [1.82, 2.24) is 10.2 Å². The smallest absolute Gasteiger partial charge is 0.239 e. The number of halogens is 1. The average Bonchev–Trinajstić information content (AvgIpc) is 2.17. The van der Waals surface area contributed by atoms with Gasteiger partial charge in [-0.1, -0.05) is 6.92 Å². The summed E-state index contributed by atoms with van der Waals surface area (Å²) in [4.78, 5) is 24.1. The number of hydrogen-bond acceptors (Lipinski definition) is 3. The summed E-state index contributed by atoms with van der Waals surface area (Å²) >= 11 is 0. The molecule has 90 valence electrons. The van der Waals surface area contributed by atoms with Crippen molar-refractivity contribution < 1.29 is 9.59 Å². The van der Waals surface area contributed by atoms with E-state index in [-0.39, 0.29) is 30.8 Å². The van der Waals surface area contributed by atoms with Crippen molar-refractivity contribution in [3.63, 3.8) is 0 Å². The van der Waals surface area contributed by atoms with Gasteiger partial charge in [0.25, 0.3) is 0 Å². The molecule has 0 aromatic carbocycles. The Labute approximate surface area is 96.8 Å². The van der Waals surface area contributed by atoms with E-state index in [0.29, 0.717) is 19.5 Å². The Morgan fingerprint density at radius 2 is 2.00 bits per heavy atom. The Balaban J connectivity index is 0. The molecular formula is C9H20ClN3O2. The van der Waals surface area contributed by atoms with Gasteiger partial charge < -0.3 is 16.0 Å². The largest absolute Gasteiger partial charge is 0.358 e. The lowest BCUT2D eigenvalue weighted by atomic mass is 10.3. The molecule has 3 N–H and O–H groups in total. The molecule has 0 atom stereocenters. The molecule has 0 aliphatic heterocycles. The summed E-state index contributed by atoms with van der Waals surface area (Å²) in [5.41, 5.74) is 5.28. The molecule has 0 bridgehead atoms. The van der Waals surface area contributed by atoms with Gasteiger partial charge in [-0.15, -0.1) is 12.4 Å². The lowest BCUT2D eigenvalue weighted by molar-refractivity contribution is -0.135. The van der Waals surface area contributed by atoms with Crippen molar-refractivity contribution in [3.8, 4) is 0 Å². The summed E-state index contributed by atoms with van der Waals surface area (Å²) in [7, 11) is 1.56. The number of hydrogen-bond donors (Lipinski definition) is 2. The number of nitrogens with two attached hydrogens (primary N) is 1. The molecule has 2 amide bonds. The summed E-state index contributed by atoms with van der Waals surface area (Å²) < 4.78 is 0. The van der Waals surface area contributed by atoms with Crippen LogP contribution in [0.3, 0.4) is 0 Å². The molecule has 0 heterocycles. The Hall–Kier alpha value is -0.810. The molecule has 0 unspecified atom stereocenters. The summed E-state index contributed by atoms with van der Waals surface area (Å²) in [6, 6.07) is 0. The molecule has 0 fully saturated rings. The standard InChI is InChI=1S/C9H19N3O2.ClH/c1-3-6-12(7-8(13)11-2)9(14)4-5-10;/h3-7,10H2,1-2H3,(H,11,13);1H. The maximum atomic E-state index is 11.5. The fourth-order valence-electron chi connectivity index (χ4n) is 1.10. The van der Waals surface area contributed by atoms with Crippen molar-refractivity contribution in [1.29, 1.82) is 0 Å². The van der Waals surface area contributed by atoms with Crippen LogP contribution in [0.4, 0.5) is 0 Å². The van der Waals surface area contributed by atoms with Gasteiger partial charge in [-0.05, 0) is 6.42 Å². The number of carbonyl (C=O) groups excluding carboxylic acids is 2. The molecule has 0 spiro atoms. The minimum atomic E-state index is -0.149. The molecule has 0 aliphatic carbocycles. The third-order valence-electron chi connectivity index (χ3n) is 1.82. The quantitative estimate of drug-likeness (QED) is 0.669. The zero-order valence-corrected chi connectivity index (χ0v) is 10.1. The molecule has 6 heteroatoms. The summed E-state index contributed by atoms with van der Waals surface area (Å²) in [6.07, 6.45) is 1.14. The first kappa shape index (κ1) is 16.6. The highest BCUT2D eigenvalue weighted by molar-refractivity contribution is 5.85. The minimum Gasteiger partial charge on any atom is -0.358 e. The number of likely N-dealkylation sites (N-methyl/N-ethyl adjacent to an activating group) is 1. The topological polar surface area (TPSA) is 75.4 Å². The van der Waals surface area contributed by atoms with Crippen LogP contribution in [-0.2, 0) is 9.59 Å². The van der Waals surface area contributed by atoms with Gasteiger partial charge in [0, 0.05) is 26.6 Å². The van der Waals surface area contributed by atoms with E-state index in [1.54, 1.807) is 7.05 Å². The Kier molecular flexibility index (Phi) is 10.8. The van der Waals surface area contributed by atoms with Gasteiger partial charge in [0.2, 0.25) is 11.8 Å². The van der Waals surface area contributed by atoms with Gasteiger partial charge >= 0.3 is 0 Å². The van der Waals surface area contributed by atoms with Gasteiger partial charge in [0.05, 0.1) is 6.54 Å². The second-order valence-electron chi connectivity index (χ2n) is 3.03. The van der Waals surface area contributed by atoms with Crippen LogP contribution < -0.4 is 11.1 Å². The molecular weight excluding hydrogens is 218 g/mol. The summed E-state index contributed by atoms with van der Waals surface area (Å²) in [5, 5.41) is 2.49. The predicted molar refractivity (Wildman–Crippen MR) is 61.9 cm³/mol. The van der Waals surface area contributed by atoms with E-state index in [1.165, 1.54) is 4.90 Å². The predicted octanol–water partition coefficient (Wildman–Crippen LogP) is -0.258. The molecule has 0 aliphatic rings. The first-order chi connectivity index (χ1) is 6.65. The van der Waals surface area contributed by atoms with Crippen molar-refractivity contribution in [2.24, 2.45) is 5.73 Å². The lowest BCUT2D eigenvalue weighted by Crippen LogP contribution is -2.40.